The summed E-state index contributed by atoms with van der Waals surface area (Å²) in [5, 5.41) is 2.33. The molecule has 0 aromatic rings. The Morgan fingerprint density at radius 3 is 2.00 bits per heavy atom. The minimum atomic E-state index is -3.33. The summed E-state index contributed by atoms with van der Waals surface area (Å²) in [6, 6.07) is 0. The third-order valence-electron chi connectivity index (χ3n) is 1.20. The zero-order valence-electron chi connectivity index (χ0n) is 7.13. The molecule has 74 valence electrons. The number of hydrogen-bond acceptors (Lipinski definition) is 1. The Labute approximate surface area is 69.1 Å². The minimum absolute atomic E-state index is 0.352. The van der Waals surface area contributed by atoms with Gasteiger partial charge in [0, 0.05) is 0 Å². The van der Waals surface area contributed by atoms with Gasteiger partial charge < -0.3 is 5.32 Å². The van der Waals surface area contributed by atoms with E-state index < -0.39 is 24.8 Å². The number of hydrogen-bond donors (Lipinski definition) is 1. The van der Waals surface area contributed by atoms with Crippen molar-refractivity contribution >= 4 is 0 Å². The van der Waals surface area contributed by atoms with Gasteiger partial charge in [0.15, 0.2) is 0 Å². The second-order valence-corrected chi connectivity index (χ2v) is 2.88. The van der Waals surface area contributed by atoms with E-state index in [2.05, 4.69) is 5.32 Å². The van der Waals surface area contributed by atoms with Gasteiger partial charge in [-0.3, -0.25) is 0 Å². The van der Waals surface area contributed by atoms with Gasteiger partial charge in [0.25, 0.3) is 11.8 Å². The van der Waals surface area contributed by atoms with Crippen molar-refractivity contribution in [2.45, 2.75) is 32.1 Å². The van der Waals surface area contributed by atoms with Gasteiger partial charge in [-0.25, -0.2) is 17.6 Å². The fourth-order valence-corrected chi connectivity index (χ4v) is 0.825. The van der Waals surface area contributed by atoms with E-state index in [1.165, 1.54) is 0 Å². The Morgan fingerprint density at radius 1 is 1.17 bits per heavy atom. The highest BCUT2D eigenvalue weighted by Crippen LogP contribution is 2.29. The molecule has 0 bridgehead atoms. The lowest BCUT2D eigenvalue weighted by molar-refractivity contribution is -0.0982. The van der Waals surface area contributed by atoms with Crippen molar-refractivity contribution < 1.29 is 17.6 Å². The standard InChI is InChI=1S/C7H13F4N/c1-3-12-5-7(10,11)4-6(2,8)9/h12H,3-5H2,1-2H3. The number of halogens is 4. The first-order valence-electron chi connectivity index (χ1n) is 3.73. The molecule has 5 heteroatoms. The summed E-state index contributed by atoms with van der Waals surface area (Å²) < 4.78 is 49.4. The molecule has 0 aromatic carbocycles. The van der Waals surface area contributed by atoms with Crippen LogP contribution in [0.2, 0.25) is 0 Å². The maximum atomic E-state index is 12.6. The second kappa shape index (κ2) is 4.07. The molecular weight excluding hydrogens is 174 g/mol. The molecule has 1 N–H and O–H groups in total. The highest BCUT2D eigenvalue weighted by Gasteiger charge is 2.39. The quantitative estimate of drug-likeness (QED) is 0.651. The SMILES string of the molecule is CCNCC(F)(F)CC(C)(F)F. The molecule has 0 fully saturated rings. The van der Waals surface area contributed by atoms with Crippen LogP contribution in [-0.4, -0.2) is 24.9 Å². The topological polar surface area (TPSA) is 12.0 Å². The van der Waals surface area contributed by atoms with Crippen molar-refractivity contribution in [3.05, 3.63) is 0 Å². The fourth-order valence-electron chi connectivity index (χ4n) is 0.825. The minimum Gasteiger partial charge on any atom is -0.311 e. The largest absolute Gasteiger partial charge is 0.311 e. The molecule has 0 spiro atoms. The fraction of sp³-hybridized carbons (Fsp3) is 1.00. The third kappa shape index (κ3) is 6.39. The van der Waals surface area contributed by atoms with E-state index in [9.17, 15) is 17.6 Å². The Balaban J connectivity index is 3.86. The molecule has 0 rings (SSSR count). The van der Waals surface area contributed by atoms with Crippen molar-refractivity contribution in [1.29, 1.82) is 0 Å². The highest BCUT2D eigenvalue weighted by atomic mass is 19.3. The van der Waals surface area contributed by atoms with Gasteiger partial charge in [0.1, 0.15) is 0 Å². The van der Waals surface area contributed by atoms with Gasteiger partial charge in [-0.2, -0.15) is 0 Å². The Morgan fingerprint density at radius 2 is 1.67 bits per heavy atom. The van der Waals surface area contributed by atoms with E-state index >= 15 is 0 Å². The predicted octanol–water partition coefficient (Wildman–Crippen LogP) is 2.28. The molecule has 0 aliphatic carbocycles. The average molecular weight is 187 g/mol. The molecule has 12 heavy (non-hydrogen) atoms. The van der Waals surface area contributed by atoms with Crippen molar-refractivity contribution in [2.24, 2.45) is 0 Å². The van der Waals surface area contributed by atoms with Crippen LogP contribution in [0.3, 0.4) is 0 Å². The van der Waals surface area contributed by atoms with Crippen LogP contribution in [0.4, 0.5) is 17.6 Å². The van der Waals surface area contributed by atoms with Crippen LogP contribution >= 0.6 is 0 Å². The number of nitrogens with one attached hydrogen (secondary N) is 1. The zero-order valence-corrected chi connectivity index (χ0v) is 7.13. The van der Waals surface area contributed by atoms with E-state index in [1.54, 1.807) is 6.92 Å². The van der Waals surface area contributed by atoms with Crippen LogP contribution in [-0.2, 0) is 0 Å². The summed E-state index contributed by atoms with van der Waals surface area (Å²) in [7, 11) is 0. The molecule has 1 nitrogen and oxygen atoms in total. The summed E-state index contributed by atoms with van der Waals surface area (Å²) >= 11 is 0. The summed E-state index contributed by atoms with van der Waals surface area (Å²) in [6.07, 6.45) is -1.40. The van der Waals surface area contributed by atoms with Gasteiger partial charge >= 0.3 is 0 Å². The van der Waals surface area contributed by atoms with Crippen LogP contribution in [0.1, 0.15) is 20.3 Å². The summed E-state index contributed by atoms with van der Waals surface area (Å²) in [5.41, 5.74) is 0. The van der Waals surface area contributed by atoms with Crippen LogP contribution in [0, 0.1) is 0 Å². The first-order chi connectivity index (χ1) is 5.27. The van der Waals surface area contributed by atoms with Crippen LogP contribution in [0.25, 0.3) is 0 Å². The normalized spacial score (nSPS) is 13.5. The van der Waals surface area contributed by atoms with Crippen LogP contribution in [0.5, 0.6) is 0 Å². The molecule has 0 radical (unpaired) electrons. The van der Waals surface area contributed by atoms with Crippen molar-refractivity contribution in [3.63, 3.8) is 0 Å². The first kappa shape index (κ1) is 11.7. The van der Waals surface area contributed by atoms with Gasteiger partial charge in [0.2, 0.25) is 0 Å². The van der Waals surface area contributed by atoms with E-state index in [4.69, 9.17) is 0 Å². The monoisotopic (exact) mass is 187 g/mol. The van der Waals surface area contributed by atoms with Crippen molar-refractivity contribution in [3.8, 4) is 0 Å². The zero-order chi connectivity index (χ0) is 9.83. The van der Waals surface area contributed by atoms with E-state index in [0.717, 1.165) is 0 Å². The molecule has 0 aromatic heterocycles. The van der Waals surface area contributed by atoms with Crippen molar-refractivity contribution in [1.82, 2.24) is 5.32 Å². The molecular formula is C7H13F4N. The number of rotatable bonds is 5. The summed E-state index contributed by atoms with van der Waals surface area (Å²) in [6.45, 7) is 1.80. The Hall–Kier alpha value is -0.320. The molecule has 0 saturated heterocycles. The van der Waals surface area contributed by atoms with Gasteiger partial charge in [-0.05, 0) is 13.5 Å². The van der Waals surface area contributed by atoms with Crippen LogP contribution < -0.4 is 5.32 Å². The first-order valence-corrected chi connectivity index (χ1v) is 3.73. The molecule has 0 aliphatic heterocycles. The smallest absolute Gasteiger partial charge is 0.266 e. The Kier molecular flexibility index (Phi) is 3.96. The molecule has 0 aliphatic rings. The third-order valence-corrected chi connectivity index (χ3v) is 1.20. The van der Waals surface area contributed by atoms with Gasteiger partial charge in [-0.15, -0.1) is 0 Å². The molecule has 0 unspecified atom stereocenters. The lowest BCUT2D eigenvalue weighted by Gasteiger charge is -2.20. The van der Waals surface area contributed by atoms with Gasteiger partial charge in [0.05, 0.1) is 13.0 Å². The van der Waals surface area contributed by atoms with E-state index in [0.29, 0.717) is 13.5 Å². The maximum Gasteiger partial charge on any atom is 0.266 e. The van der Waals surface area contributed by atoms with Crippen LogP contribution in [0.15, 0.2) is 0 Å². The summed E-state index contributed by atoms with van der Waals surface area (Å²) in [4.78, 5) is 0. The number of alkyl halides is 4. The molecule has 0 saturated carbocycles. The molecule has 0 atom stereocenters. The lowest BCUT2D eigenvalue weighted by Crippen LogP contribution is -2.37. The Bertz CT molecular complexity index is 130. The highest BCUT2D eigenvalue weighted by molar-refractivity contribution is 4.75. The lowest BCUT2D eigenvalue weighted by atomic mass is 10.1. The average Bonchev–Trinajstić information content (AvgIpc) is 1.78. The van der Waals surface area contributed by atoms with E-state index in [-0.39, 0.29) is 0 Å². The predicted molar refractivity (Wildman–Crippen MR) is 38.7 cm³/mol. The maximum absolute atomic E-state index is 12.6. The summed E-state index contributed by atoms with van der Waals surface area (Å²) in [5.74, 6) is -6.63. The second-order valence-electron chi connectivity index (χ2n) is 2.88. The van der Waals surface area contributed by atoms with E-state index in [1.807, 2.05) is 0 Å². The van der Waals surface area contributed by atoms with Gasteiger partial charge in [-0.1, -0.05) is 6.92 Å². The molecule has 0 amide bonds. The van der Waals surface area contributed by atoms with Crippen molar-refractivity contribution in [2.75, 3.05) is 13.1 Å². The molecule has 0 heterocycles.